The molecule has 3 nitrogen and oxygen atoms in total. The molecule has 4 heteroatoms. The number of hydrogen-bond acceptors (Lipinski definition) is 3. The van der Waals surface area contributed by atoms with Gasteiger partial charge in [0.15, 0.2) is 0 Å². The molecular weight excluding hydrogens is 234 g/mol. The van der Waals surface area contributed by atoms with Crippen LogP contribution in [0.15, 0.2) is 30.6 Å². The Hall–Kier alpha value is -1.61. The first kappa shape index (κ1) is 11.9. The summed E-state index contributed by atoms with van der Waals surface area (Å²) in [6.45, 7) is 1.98. The van der Waals surface area contributed by atoms with Gasteiger partial charge in [-0.05, 0) is 18.6 Å². The second kappa shape index (κ2) is 5.15. The van der Waals surface area contributed by atoms with Crippen LogP contribution in [0.1, 0.15) is 16.8 Å². The van der Waals surface area contributed by atoms with Gasteiger partial charge >= 0.3 is 0 Å². The number of anilines is 1. The normalized spacial score (nSPS) is 10.3. The van der Waals surface area contributed by atoms with Crippen LogP contribution >= 0.6 is 11.6 Å². The van der Waals surface area contributed by atoms with Crippen molar-refractivity contribution < 1.29 is 0 Å². The van der Waals surface area contributed by atoms with Crippen molar-refractivity contribution in [2.75, 3.05) is 12.4 Å². The lowest BCUT2D eigenvalue weighted by atomic mass is 10.0. The molecule has 1 N–H and O–H groups in total. The second-order valence-electron chi connectivity index (χ2n) is 3.80. The SMILES string of the molecule is CNc1ncnc(C)c1Cc1ccccc1Cl. The molecule has 17 heavy (non-hydrogen) atoms. The van der Waals surface area contributed by atoms with E-state index in [-0.39, 0.29) is 0 Å². The van der Waals surface area contributed by atoms with E-state index in [4.69, 9.17) is 11.6 Å². The average molecular weight is 248 g/mol. The first-order chi connectivity index (χ1) is 8.22. The van der Waals surface area contributed by atoms with Crippen molar-refractivity contribution in [3.8, 4) is 0 Å². The van der Waals surface area contributed by atoms with E-state index in [2.05, 4.69) is 15.3 Å². The van der Waals surface area contributed by atoms with Crippen LogP contribution < -0.4 is 5.32 Å². The van der Waals surface area contributed by atoms with Crippen LogP contribution in [0.4, 0.5) is 5.82 Å². The van der Waals surface area contributed by atoms with Gasteiger partial charge in [0.25, 0.3) is 0 Å². The summed E-state index contributed by atoms with van der Waals surface area (Å²) in [5.74, 6) is 0.859. The van der Waals surface area contributed by atoms with Crippen molar-refractivity contribution in [3.63, 3.8) is 0 Å². The molecule has 0 fully saturated rings. The van der Waals surface area contributed by atoms with E-state index in [9.17, 15) is 0 Å². The van der Waals surface area contributed by atoms with Crippen LogP contribution in [0.3, 0.4) is 0 Å². The summed E-state index contributed by atoms with van der Waals surface area (Å²) < 4.78 is 0. The molecule has 0 unspecified atom stereocenters. The molecule has 0 amide bonds. The van der Waals surface area contributed by atoms with Crippen LogP contribution in [0.2, 0.25) is 5.02 Å². The second-order valence-corrected chi connectivity index (χ2v) is 4.21. The van der Waals surface area contributed by atoms with Crippen molar-refractivity contribution in [3.05, 3.63) is 52.4 Å². The summed E-state index contributed by atoms with van der Waals surface area (Å²) in [6, 6.07) is 7.84. The van der Waals surface area contributed by atoms with Crippen molar-refractivity contribution in [2.45, 2.75) is 13.3 Å². The third-order valence-electron chi connectivity index (χ3n) is 2.72. The van der Waals surface area contributed by atoms with Gasteiger partial charge in [-0.25, -0.2) is 9.97 Å². The van der Waals surface area contributed by atoms with Gasteiger partial charge in [0.1, 0.15) is 12.1 Å². The fraction of sp³-hybridized carbons (Fsp3) is 0.231. The quantitative estimate of drug-likeness (QED) is 0.906. The van der Waals surface area contributed by atoms with Crippen molar-refractivity contribution in [2.24, 2.45) is 0 Å². The number of nitrogens with one attached hydrogen (secondary N) is 1. The zero-order valence-corrected chi connectivity index (χ0v) is 10.6. The molecule has 2 aromatic rings. The topological polar surface area (TPSA) is 37.8 Å². The van der Waals surface area contributed by atoms with Gasteiger partial charge in [-0.15, -0.1) is 0 Å². The van der Waals surface area contributed by atoms with Gasteiger partial charge in [-0.2, -0.15) is 0 Å². The predicted molar refractivity (Wildman–Crippen MR) is 70.6 cm³/mol. The standard InChI is InChI=1S/C13H14ClN3/c1-9-11(13(15-2)17-8-16-9)7-10-5-3-4-6-12(10)14/h3-6,8H,7H2,1-2H3,(H,15,16,17). The van der Waals surface area contributed by atoms with Gasteiger partial charge in [-0.1, -0.05) is 29.8 Å². The van der Waals surface area contributed by atoms with Gasteiger partial charge in [0.2, 0.25) is 0 Å². The van der Waals surface area contributed by atoms with Gasteiger partial charge in [0, 0.05) is 29.7 Å². The Morgan fingerprint density at radius 1 is 1.24 bits per heavy atom. The predicted octanol–water partition coefficient (Wildman–Crippen LogP) is 3.07. The van der Waals surface area contributed by atoms with Crippen LogP contribution in [-0.2, 0) is 6.42 Å². The molecular formula is C13H14ClN3. The van der Waals surface area contributed by atoms with E-state index < -0.39 is 0 Å². The van der Waals surface area contributed by atoms with Crippen molar-refractivity contribution in [1.82, 2.24) is 9.97 Å². The highest BCUT2D eigenvalue weighted by atomic mass is 35.5. The Bertz CT molecular complexity index is 526. The zero-order valence-electron chi connectivity index (χ0n) is 9.87. The number of nitrogens with zero attached hydrogens (tertiary/aromatic N) is 2. The lowest BCUT2D eigenvalue weighted by molar-refractivity contribution is 1.02. The molecule has 1 aromatic heterocycles. The maximum Gasteiger partial charge on any atom is 0.132 e. The van der Waals surface area contributed by atoms with E-state index in [1.807, 2.05) is 38.2 Å². The summed E-state index contributed by atoms with van der Waals surface area (Å²) in [7, 11) is 1.86. The third-order valence-corrected chi connectivity index (χ3v) is 3.09. The number of aryl methyl sites for hydroxylation is 1. The van der Waals surface area contributed by atoms with Gasteiger partial charge in [-0.3, -0.25) is 0 Å². The van der Waals surface area contributed by atoms with Gasteiger partial charge in [0.05, 0.1) is 0 Å². The number of aromatic nitrogens is 2. The highest BCUT2D eigenvalue weighted by Crippen LogP contribution is 2.23. The minimum Gasteiger partial charge on any atom is -0.373 e. The highest BCUT2D eigenvalue weighted by molar-refractivity contribution is 6.31. The maximum atomic E-state index is 6.16. The smallest absolute Gasteiger partial charge is 0.132 e. The van der Waals surface area contributed by atoms with Crippen molar-refractivity contribution >= 4 is 17.4 Å². The Balaban J connectivity index is 2.39. The minimum atomic E-state index is 0.739. The average Bonchev–Trinajstić information content (AvgIpc) is 2.34. The molecule has 0 spiro atoms. The van der Waals surface area contributed by atoms with Crippen LogP contribution in [0.5, 0.6) is 0 Å². The number of halogens is 1. The summed E-state index contributed by atoms with van der Waals surface area (Å²) in [5.41, 5.74) is 3.15. The highest BCUT2D eigenvalue weighted by Gasteiger charge is 2.09. The van der Waals surface area contributed by atoms with Crippen LogP contribution in [0.25, 0.3) is 0 Å². The fourth-order valence-corrected chi connectivity index (χ4v) is 1.96. The van der Waals surface area contributed by atoms with E-state index in [0.717, 1.165) is 34.1 Å². The first-order valence-electron chi connectivity index (χ1n) is 5.44. The monoisotopic (exact) mass is 247 g/mol. The summed E-state index contributed by atoms with van der Waals surface area (Å²) >= 11 is 6.16. The Labute approximate surface area is 106 Å². The third kappa shape index (κ3) is 2.56. The van der Waals surface area contributed by atoms with E-state index in [0.29, 0.717) is 0 Å². The molecule has 88 valence electrons. The summed E-state index contributed by atoms with van der Waals surface area (Å²) in [6.07, 6.45) is 2.31. The molecule has 0 aliphatic carbocycles. The van der Waals surface area contributed by atoms with E-state index in [1.54, 1.807) is 6.33 Å². The van der Waals surface area contributed by atoms with Crippen LogP contribution in [0, 0.1) is 6.92 Å². The van der Waals surface area contributed by atoms with Crippen LogP contribution in [-0.4, -0.2) is 17.0 Å². The Morgan fingerprint density at radius 3 is 2.71 bits per heavy atom. The first-order valence-corrected chi connectivity index (χ1v) is 5.82. The minimum absolute atomic E-state index is 0.739. The fourth-order valence-electron chi connectivity index (χ4n) is 1.76. The lowest BCUT2D eigenvalue weighted by Gasteiger charge is -2.11. The zero-order chi connectivity index (χ0) is 12.3. The molecule has 0 aliphatic heterocycles. The molecule has 0 atom stereocenters. The molecule has 2 rings (SSSR count). The number of hydrogen-bond donors (Lipinski definition) is 1. The Kier molecular flexibility index (Phi) is 3.59. The van der Waals surface area contributed by atoms with E-state index >= 15 is 0 Å². The molecule has 0 saturated heterocycles. The summed E-state index contributed by atoms with van der Waals surface area (Å²) in [5, 5.41) is 3.86. The number of benzene rings is 1. The van der Waals surface area contributed by atoms with E-state index in [1.165, 1.54) is 0 Å². The molecule has 0 radical (unpaired) electrons. The largest absolute Gasteiger partial charge is 0.373 e. The maximum absolute atomic E-state index is 6.16. The number of rotatable bonds is 3. The Morgan fingerprint density at radius 2 is 2.00 bits per heavy atom. The van der Waals surface area contributed by atoms with Crippen molar-refractivity contribution in [1.29, 1.82) is 0 Å². The molecule has 0 aliphatic rings. The molecule has 1 heterocycles. The summed E-state index contributed by atoms with van der Waals surface area (Å²) in [4.78, 5) is 8.44. The lowest BCUT2D eigenvalue weighted by Crippen LogP contribution is -2.04. The molecule has 1 aromatic carbocycles. The van der Waals surface area contributed by atoms with Gasteiger partial charge < -0.3 is 5.32 Å². The molecule has 0 saturated carbocycles. The molecule has 0 bridgehead atoms.